The molecule has 168 valence electrons. The Morgan fingerprint density at radius 3 is 2.57 bits per heavy atom. The summed E-state index contributed by atoms with van der Waals surface area (Å²) >= 11 is 6.11. The lowest BCUT2D eigenvalue weighted by atomic mass is 9.95. The fourth-order valence-electron chi connectivity index (χ4n) is 3.94. The van der Waals surface area contributed by atoms with E-state index in [2.05, 4.69) is 15.2 Å². The van der Waals surface area contributed by atoms with Gasteiger partial charge < -0.3 is 24.6 Å². The molecule has 1 aromatic rings. The maximum atomic E-state index is 12.7. The fourth-order valence-corrected chi connectivity index (χ4v) is 4.14. The molecule has 1 unspecified atom stereocenters. The average Bonchev–Trinajstić information content (AvgIpc) is 2.77. The third-order valence-corrected chi connectivity index (χ3v) is 5.86. The Hall–Kier alpha value is -1.10. The van der Waals surface area contributed by atoms with Gasteiger partial charge in [-0.2, -0.15) is 0 Å². The third-order valence-electron chi connectivity index (χ3n) is 5.63. The van der Waals surface area contributed by atoms with E-state index in [-0.39, 0.29) is 41.9 Å². The van der Waals surface area contributed by atoms with Crippen LogP contribution in [-0.4, -0.2) is 81.8 Å². The Bertz CT molecular complexity index is 707. The van der Waals surface area contributed by atoms with Crippen molar-refractivity contribution in [1.82, 2.24) is 15.1 Å². The number of piperidine rings is 1. The van der Waals surface area contributed by atoms with Crippen LogP contribution in [0, 0.1) is 5.92 Å². The Balaban J connectivity index is 0.00000320. The number of carbonyl (C=O) groups excluding carboxylic acids is 1. The molecule has 0 aliphatic carbocycles. The number of carbonyl (C=O) groups is 1. The number of likely N-dealkylation sites (tertiary alicyclic amines) is 1. The summed E-state index contributed by atoms with van der Waals surface area (Å²) < 4.78 is 11.0. The van der Waals surface area contributed by atoms with Crippen LogP contribution in [0.15, 0.2) is 29.3 Å². The first-order valence-electron chi connectivity index (χ1n) is 10.2. The Morgan fingerprint density at radius 1 is 1.27 bits per heavy atom. The van der Waals surface area contributed by atoms with E-state index in [4.69, 9.17) is 21.1 Å². The van der Waals surface area contributed by atoms with Crippen molar-refractivity contribution >= 4 is 47.4 Å². The molecule has 1 amide bonds. The molecule has 7 nitrogen and oxygen atoms in total. The predicted molar refractivity (Wildman–Crippen MR) is 130 cm³/mol. The summed E-state index contributed by atoms with van der Waals surface area (Å²) in [4.78, 5) is 21.3. The zero-order valence-electron chi connectivity index (χ0n) is 17.7. The highest BCUT2D eigenvalue weighted by molar-refractivity contribution is 14.0. The molecule has 2 heterocycles. The first kappa shape index (κ1) is 25.2. The Morgan fingerprint density at radius 2 is 1.97 bits per heavy atom. The van der Waals surface area contributed by atoms with Crippen molar-refractivity contribution in [3.8, 4) is 0 Å². The van der Waals surface area contributed by atoms with Crippen molar-refractivity contribution in [2.24, 2.45) is 10.9 Å². The first-order chi connectivity index (χ1) is 14.1. The molecule has 1 aromatic carbocycles. The van der Waals surface area contributed by atoms with Crippen LogP contribution < -0.4 is 5.32 Å². The molecule has 0 bridgehead atoms. The van der Waals surface area contributed by atoms with Crippen molar-refractivity contribution in [3.05, 3.63) is 34.9 Å². The van der Waals surface area contributed by atoms with Gasteiger partial charge in [0.1, 0.15) is 0 Å². The van der Waals surface area contributed by atoms with Crippen LogP contribution >= 0.6 is 35.6 Å². The third kappa shape index (κ3) is 6.70. The zero-order chi connectivity index (χ0) is 20.6. The topological polar surface area (TPSA) is 66.4 Å². The molecule has 30 heavy (non-hydrogen) atoms. The van der Waals surface area contributed by atoms with Gasteiger partial charge in [-0.25, -0.2) is 0 Å². The number of guanidine groups is 1. The molecular formula is C21H32ClIN4O3. The molecular weight excluding hydrogens is 519 g/mol. The normalized spacial score (nSPS) is 19.2. The van der Waals surface area contributed by atoms with Crippen LogP contribution in [0.1, 0.15) is 24.5 Å². The molecule has 9 heteroatoms. The minimum absolute atomic E-state index is 0. The molecule has 3 rings (SSSR count). The first-order valence-corrected chi connectivity index (χ1v) is 10.6. The lowest BCUT2D eigenvalue weighted by Crippen LogP contribution is -2.50. The van der Waals surface area contributed by atoms with E-state index in [9.17, 15) is 4.79 Å². The number of rotatable bonds is 5. The van der Waals surface area contributed by atoms with Crippen LogP contribution in [0.2, 0.25) is 5.02 Å². The lowest BCUT2D eigenvalue weighted by Gasteiger charge is -2.37. The molecule has 0 saturated carbocycles. The quantitative estimate of drug-likeness (QED) is 0.347. The number of aliphatic imine (C=N–C) groups is 1. The SMILES string of the molecule is CN=C(NCC(OC)c1cccc(Cl)c1)N1CCC(C(=O)N2CCOCC2)CC1.I. The van der Waals surface area contributed by atoms with Crippen LogP contribution in [0.5, 0.6) is 0 Å². The number of benzene rings is 1. The van der Waals surface area contributed by atoms with E-state index in [1.165, 1.54) is 0 Å². The van der Waals surface area contributed by atoms with Crippen LogP contribution in [-0.2, 0) is 14.3 Å². The number of nitrogens with zero attached hydrogens (tertiary/aromatic N) is 3. The van der Waals surface area contributed by atoms with Gasteiger partial charge in [0.05, 0.1) is 19.3 Å². The van der Waals surface area contributed by atoms with Crippen LogP contribution in [0.25, 0.3) is 0 Å². The highest BCUT2D eigenvalue weighted by Crippen LogP contribution is 2.22. The fraction of sp³-hybridized carbons (Fsp3) is 0.619. The highest BCUT2D eigenvalue weighted by Gasteiger charge is 2.30. The van der Waals surface area contributed by atoms with E-state index < -0.39 is 0 Å². The largest absolute Gasteiger partial charge is 0.378 e. The summed E-state index contributed by atoms with van der Waals surface area (Å²) in [5, 5.41) is 4.11. The van der Waals surface area contributed by atoms with Gasteiger partial charge in [0.2, 0.25) is 5.91 Å². The summed E-state index contributed by atoms with van der Waals surface area (Å²) in [6.07, 6.45) is 1.57. The van der Waals surface area contributed by atoms with Gasteiger partial charge in [-0.3, -0.25) is 9.79 Å². The van der Waals surface area contributed by atoms with E-state index in [1.54, 1.807) is 14.2 Å². The van der Waals surface area contributed by atoms with Gasteiger partial charge in [-0.15, -0.1) is 24.0 Å². The smallest absolute Gasteiger partial charge is 0.225 e. The average molecular weight is 551 g/mol. The second-order valence-electron chi connectivity index (χ2n) is 7.41. The number of nitrogens with one attached hydrogen (secondary N) is 1. The van der Waals surface area contributed by atoms with Gasteiger partial charge in [0.15, 0.2) is 5.96 Å². The van der Waals surface area contributed by atoms with Crippen LogP contribution in [0.4, 0.5) is 0 Å². The molecule has 1 atom stereocenters. The van der Waals surface area contributed by atoms with E-state index >= 15 is 0 Å². The number of morpholine rings is 1. The minimum atomic E-state index is -0.120. The monoisotopic (exact) mass is 550 g/mol. The van der Waals surface area contributed by atoms with E-state index in [0.29, 0.717) is 37.9 Å². The summed E-state index contributed by atoms with van der Waals surface area (Å²) in [6, 6.07) is 7.71. The predicted octanol–water partition coefficient (Wildman–Crippen LogP) is 2.79. The number of ether oxygens (including phenoxy) is 2. The molecule has 2 saturated heterocycles. The van der Waals surface area contributed by atoms with Crippen LogP contribution in [0.3, 0.4) is 0 Å². The van der Waals surface area contributed by atoms with E-state index in [0.717, 1.165) is 37.5 Å². The molecule has 2 aliphatic heterocycles. The lowest BCUT2D eigenvalue weighted by molar-refractivity contribution is -0.140. The standard InChI is InChI=1S/C21H31ClN4O3.HI/c1-23-21(24-15-19(28-2)17-4-3-5-18(22)14-17)26-8-6-16(7-9-26)20(27)25-10-12-29-13-11-25;/h3-5,14,16,19H,6-13,15H2,1-2H3,(H,23,24);1H. The zero-order valence-corrected chi connectivity index (χ0v) is 20.8. The van der Waals surface area contributed by atoms with Crippen molar-refractivity contribution in [2.75, 3.05) is 60.1 Å². The molecule has 0 spiro atoms. The molecule has 0 radical (unpaired) electrons. The number of halogens is 2. The van der Waals surface area contributed by atoms with Crippen molar-refractivity contribution in [3.63, 3.8) is 0 Å². The van der Waals surface area contributed by atoms with Gasteiger partial charge in [-0.05, 0) is 30.5 Å². The number of amides is 1. The molecule has 1 N–H and O–H groups in total. The van der Waals surface area contributed by atoms with E-state index in [1.807, 2.05) is 29.2 Å². The Labute approximate surface area is 201 Å². The second kappa shape index (κ2) is 12.7. The summed E-state index contributed by atoms with van der Waals surface area (Å²) in [5.41, 5.74) is 1.03. The summed E-state index contributed by atoms with van der Waals surface area (Å²) in [5.74, 6) is 1.21. The van der Waals surface area contributed by atoms with Crippen molar-refractivity contribution < 1.29 is 14.3 Å². The van der Waals surface area contributed by atoms with Gasteiger partial charge in [0.25, 0.3) is 0 Å². The molecule has 0 aromatic heterocycles. The van der Waals surface area contributed by atoms with Crippen molar-refractivity contribution in [1.29, 1.82) is 0 Å². The number of methoxy groups -OCH3 is 1. The highest BCUT2D eigenvalue weighted by atomic mass is 127. The summed E-state index contributed by atoms with van der Waals surface area (Å²) in [6.45, 7) is 4.94. The maximum absolute atomic E-state index is 12.7. The number of hydrogen-bond donors (Lipinski definition) is 1. The minimum Gasteiger partial charge on any atom is -0.378 e. The van der Waals surface area contributed by atoms with Gasteiger partial charge in [-0.1, -0.05) is 23.7 Å². The molecule has 2 fully saturated rings. The van der Waals surface area contributed by atoms with Gasteiger partial charge in [0, 0.05) is 57.8 Å². The maximum Gasteiger partial charge on any atom is 0.225 e. The summed E-state index contributed by atoms with van der Waals surface area (Å²) in [7, 11) is 3.48. The number of hydrogen-bond acceptors (Lipinski definition) is 4. The van der Waals surface area contributed by atoms with Crippen molar-refractivity contribution in [2.45, 2.75) is 18.9 Å². The van der Waals surface area contributed by atoms with Gasteiger partial charge >= 0.3 is 0 Å². The second-order valence-corrected chi connectivity index (χ2v) is 7.84. The Kier molecular flexibility index (Phi) is 10.6. The molecule has 2 aliphatic rings.